The second-order valence-electron chi connectivity index (χ2n) is 5.53. The van der Waals surface area contributed by atoms with E-state index < -0.39 is 0 Å². The van der Waals surface area contributed by atoms with Crippen molar-refractivity contribution in [1.82, 2.24) is 9.97 Å². The Bertz CT molecular complexity index is 630. The van der Waals surface area contributed by atoms with E-state index in [0.29, 0.717) is 11.0 Å². The highest BCUT2D eigenvalue weighted by Gasteiger charge is 2.33. The van der Waals surface area contributed by atoms with Crippen LogP contribution in [0.15, 0.2) is 36.7 Å². The number of nitrogens with zero attached hydrogens (tertiary/aromatic N) is 2. The van der Waals surface area contributed by atoms with Gasteiger partial charge in [0.2, 0.25) is 0 Å². The van der Waals surface area contributed by atoms with Gasteiger partial charge in [0.25, 0.3) is 0 Å². The molecule has 0 saturated carbocycles. The third-order valence-corrected chi connectivity index (χ3v) is 3.49. The van der Waals surface area contributed by atoms with Crippen LogP contribution in [0.25, 0.3) is 0 Å². The second kappa shape index (κ2) is 4.94. The first-order valence-corrected chi connectivity index (χ1v) is 6.93. The fraction of sp³-hybridized carbons (Fsp3) is 0.333. The van der Waals surface area contributed by atoms with Crippen molar-refractivity contribution in [3.8, 4) is 5.75 Å². The Kier molecular flexibility index (Phi) is 3.26. The van der Waals surface area contributed by atoms with Crippen LogP contribution in [0.1, 0.15) is 31.9 Å². The second-order valence-corrected chi connectivity index (χ2v) is 5.91. The first-order valence-electron chi connectivity index (χ1n) is 6.55. The lowest BCUT2D eigenvalue weighted by Crippen LogP contribution is -2.37. The Hall–Kier alpha value is -1.81. The maximum Gasteiger partial charge on any atom is 0.149 e. The number of aromatic nitrogens is 2. The number of anilines is 1. The zero-order chi connectivity index (χ0) is 14.2. The molecule has 3 rings (SSSR count). The summed E-state index contributed by atoms with van der Waals surface area (Å²) in [6.45, 7) is 4.17. The van der Waals surface area contributed by atoms with E-state index in [1.807, 2.05) is 18.2 Å². The molecule has 1 N–H and O–H groups in total. The van der Waals surface area contributed by atoms with Gasteiger partial charge in [-0.25, -0.2) is 4.98 Å². The summed E-state index contributed by atoms with van der Waals surface area (Å²) >= 11 is 5.88. The molecule has 1 atom stereocenters. The number of para-hydroxylation sites is 1. The van der Waals surface area contributed by atoms with Crippen LogP contribution in [0.5, 0.6) is 5.75 Å². The summed E-state index contributed by atoms with van der Waals surface area (Å²) in [7, 11) is 0. The lowest BCUT2D eigenvalue weighted by molar-refractivity contribution is 0.0758. The fourth-order valence-electron chi connectivity index (χ4n) is 2.52. The minimum atomic E-state index is -0.224. The lowest BCUT2D eigenvalue weighted by Gasteiger charge is -2.38. The standard InChI is InChI=1S/C15H16ClN3O/c1-15(2)7-11(10-5-3-4-6-12(10)20-15)18-14-9-17-8-13(16)19-14/h3-6,8-9,11H,7H2,1-2H3,(H,18,19). The number of nitrogens with one attached hydrogen (secondary N) is 1. The Labute approximate surface area is 123 Å². The van der Waals surface area contributed by atoms with Crippen LogP contribution < -0.4 is 10.1 Å². The molecule has 2 aromatic rings. The molecule has 1 aliphatic rings. The molecule has 1 aliphatic heterocycles. The number of rotatable bonds is 2. The van der Waals surface area contributed by atoms with Crippen molar-refractivity contribution >= 4 is 17.4 Å². The molecule has 0 saturated heterocycles. The van der Waals surface area contributed by atoms with E-state index in [-0.39, 0.29) is 11.6 Å². The van der Waals surface area contributed by atoms with Crippen LogP contribution >= 0.6 is 11.6 Å². The van der Waals surface area contributed by atoms with E-state index in [2.05, 4.69) is 35.2 Å². The summed E-state index contributed by atoms with van der Waals surface area (Å²) in [4.78, 5) is 8.29. The molecule has 104 valence electrons. The van der Waals surface area contributed by atoms with Crippen molar-refractivity contribution in [2.75, 3.05) is 5.32 Å². The van der Waals surface area contributed by atoms with Gasteiger partial charge in [0.1, 0.15) is 22.3 Å². The van der Waals surface area contributed by atoms with Crippen molar-refractivity contribution in [1.29, 1.82) is 0 Å². The molecule has 0 fully saturated rings. The van der Waals surface area contributed by atoms with E-state index in [4.69, 9.17) is 16.3 Å². The SMILES string of the molecule is CC1(C)CC(Nc2cncc(Cl)n2)c2ccccc2O1. The van der Waals surface area contributed by atoms with Gasteiger partial charge in [-0.1, -0.05) is 29.8 Å². The molecule has 1 unspecified atom stereocenters. The number of hydrogen-bond acceptors (Lipinski definition) is 4. The molecule has 5 heteroatoms. The zero-order valence-electron chi connectivity index (χ0n) is 11.4. The number of ether oxygens (including phenoxy) is 1. The molecular weight excluding hydrogens is 274 g/mol. The molecule has 0 bridgehead atoms. The van der Waals surface area contributed by atoms with E-state index in [1.165, 1.54) is 6.20 Å². The maximum atomic E-state index is 6.01. The van der Waals surface area contributed by atoms with Crippen molar-refractivity contribution in [3.05, 3.63) is 47.4 Å². The van der Waals surface area contributed by atoms with Crippen LogP contribution in [0.3, 0.4) is 0 Å². The Morgan fingerprint density at radius 3 is 2.90 bits per heavy atom. The summed E-state index contributed by atoms with van der Waals surface area (Å²) in [5.41, 5.74) is 0.909. The molecule has 0 radical (unpaired) electrons. The monoisotopic (exact) mass is 289 g/mol. The van der Waals surface area contributed by atoms with Crippen LogP contribution in [-0.2, 0) is 0 Å². The largest absolute Gasteiger partial charge is 0.487 e. The van der Waals surface area contributed by atoms with Crippen molar-refractivity contribution in [3.63, 3.8) is 0 Å². The van der Waals surface area contributed by atoms with Crippen LogP contribution in [0.2, 0.25) is 5.15 Å². The van der Waals surface area contributed by atoms with Gasteiger partial charge in [0.15, 0.2) is 0 Å². The molecule has 20 heavy (non-hydrogen) atoms. The molecule has 0 spiro atoms. The van der Waals surface area contributed by atoms with Crippen LogP contribution in [-0.4, -0.2) is 15.6 Å². The van der Waals surface area contributed by atoms with Gasteiger partial charge in [-0.2, -0.15) is 0 Å². The van der Waals surface area contributed by atoms with E-state index in [0.717, 1.165) is 17.7 Å². The van der Waals surface area contributed by atoms with Gasteiger partial charge < -0.3 is 10.1 Å². The number of fused-ring (bicyclic) bond motifs is 1. The molecule has 0 aliphatic carbocycles. The minimum absolute atomic E-state index is 0.128. The summed E-state index contributed by atoms with van der Waals surface area (Å²) in [5, 5.41) is 3.78. The molecule has 1 aromatic carbocycles. The highest BCUT2D eigenvalue weighted by atomic mass is 35.5. The zero-order valence-corrected chi connectivity index (χ0v) is 12.2. The highest BCUT2D eigenvalue weighted by Crippen LogP contribution is 2.40. The van der Waals surface area contributed by atoms with Gasteiger partial charge in [-0.05, 0) is 19.9 Å². The number of halogens is 1. The van der Waals surface area contributed by atoms with Crippen LogP contribution in [0, 0.1) is 0 Å². The van der Waals surface area contributed by atoms with E-state index >= 15 is 0 Å². The Morgan fingerprint density at radius 2 is 2.10 bits per heavy atom. The Morgan fingerprint density at radius 1 is 1.30 bits per heavy atom. The topological polar surface area (TPSA) is 47.0 Å². The van der Waals surface area contributed by atoms with Gasteiger partial charge in [-0.15, -0.1) is 0 Å². The molecule has 2 heterocycles. The third kappa shape index (κ3) is 2.70. The number of hydrogen-bond donors (Lipinski definition) is 1. The maximum absolute atomic E-state index is 6.01. The lowest BCUT2D eigenvalue weighted by atomic mass is 9.90. The normalized spacial score (nSPS) is 19.9. The van der Waals surface area contributed by atoms with Gasteiger partial charge in [0.05, 0.1) is 18.4 Å². The fourth-order valence-corrected chi connectivity index (χ4v) is 2.67. The molecular formula is C15H16ClN3O. The first kappa shape index (κ1) is 13.2. The molecule has 4 nitrogen and oxygen atoms in total. The summed E-state index contributed by atoms with van der Waals surface area (Å²) in [6, 6.07) is 8.19. The van der Waals surface area contributed by atoms with Gasteiger partial charge >= 0.3 is 0 Å². The molecule has 1 aromatic heterocycles. The summed E-state index contributed by atoms with van der Waals surface area (Å²) in [5.74, 6) is 1.59. The average Bonchev–Trinajstić information content (AvgIpc) is 2.37. The minimum Gasteiger partial charge on any atom is -0.487 e. The van der Waals surface area contributed by atoms with E-state index in [9.17, 15) is 0 Å². The predicted octanol–water partition coefficient (Wildman–Crippen LogP) is 3.84. The third-order valence-electron chi connectivity index (χ3n) is 3.30. The quantitative estimate of drug-likeness (QED) is 0.912. The highest BCUT2D eigenvalue weighted by molar-refractivity contribution is 6.29. The van der Waals surface area contributed by atoms with Crippen molar-refractivity contribution in [2.24, 2.45) is 0 Å². The van der Waals surface area contributed by atoms with Gasteiger partial charge in [-0.3, -0.25) is 4.98 Å². The average molecular weight is 290 g/mol. The number of benzene rings is 1. The predicted molar refractivity (Wildman–Crippen MR) is 79.2 cm³/mol. The first-order chi connectivity index (χ1) is 9.53. The summed E-state index contributed by atoms with van der Waals surface area (Å²) < 4.78 is 6.01. The molecule has 0 amide bonds. The van der Waals surface area contributed by atoms with Crippen molar-refractivity contribution in [2.45, 2.75) is 31.9 Å². The smallest absolute Gasteiger partial charge is 0.149 e. The Balaban J connectivity index is 1.93. The van der Waals surface area contributed by atoms with Crippen molar-refractivity contribution < 1.29 is 4.74 Å². The van der Waals surface area contributed by atoms with Gasteiger partial charge in [0, 0.05) is 12.0 Å². The van der Waals surface area contributed by atoms with Crippen LogP contribution in [0.4, 0.5) is 5.82 Å². The van der Waals surface area contributed by atoms with E-state index in [1.54, 1.807) is 6.20 Å². The summed E-state index contributed by atoms with van der Waals surface area (Å²) in [6.07, 6.45) is 4.05.